The van der Waals surface area contributed by atoms with Gasteiger partial charge in [0.05, 0.1) is 8.81 Å². The number of thiophene rings is 1. The Morgan fingerprint density at radius 2 is 2.05 bits per heavy atom. The molecule has 0 aliphatic carbocycles. The predicted molar refractivity (Wildman–Crippen MR) is 85.4 cm³/mol. The minimum Gasteiger partial charge on any atom is -0.326 e. The van der Waals surface area contributed by atoms with E-state index < -0.39 is 10.0 Å². The molecule has 0 saturated carbocycles. The lowest BCUT2D eigenvalue weighted by Gasteiger charge is -2.09. The lowest BCUT2D eigenvalue weighted by atomic mass is 10.2. The number of benzene rings is 1. The number of nitrogens with one attached hydrogen (secondary N) is 1. The predicted octanol–water partition coefficient (Wildman–Crippen LogP) is 3.10. The molecule has 1 aromatic carbocycles. The zero-order valence-corrected chi connectivity index (χ0v) is 14.2. The summed E-state index contributed by atoms with van der Waals surface area (Å²) in [5, 5.41) is 0.182. The van der Waals surface area contributed by atoms with Crippen molar-refractivity contribution < 1.29 is 8.42 Å². The summed E-state index contributed by atoms with van der Waals surface area (Å²) in [5.74, 6) is 0. The van der Waals surface area contributed by atoms with E-state index in [1.54, 1.807) is 12.1 Å². The average Bonchev–Trinajstić information content (AvgIpc) is 2.83. The van der Waals surface area contributed by atoms with Gasteiger partial charge in [-0.05, 0) is 45.8 Å². The zero-order chi connectivity index (χ0) is 14.8. The smallest absolute Gasteiger partial charge is 0.242 e. The van der Waals surface area contributed by atoms with Crippen molar-refractivity contribution in [2.45, 2.75) is 18.0 Å². The van der Waals surface area contributed by atoms with Crippen LogP contribution in [-0.2, 0) is 23.1 Å². The fourth-order valence-electron chi connectivity index (χ4n) is 1.57. The molecule has 2 rings (SSSR count). The Morgan fingerprint density at radius 3 is 2.65 bits per heavy atom. The van der Waals surface area contributed by atoms with Crippen molar-refractivity contribution in [3.05, 3.63) is 49.6 Å². The van der Waals surface area contributed by atoms with Crippen molar-refractivity contribution in [1.29, 1.82) is 0 Å². The molecule has 0 aliphatic heterocycles. The third kappa shape index (κ3) is 3.81. The fraction of sp³-hybridized carbons (Fsp3) is 0.167. The van der Waals surface area contributed by atoms with E-state index in [9.17, 15) is 8.42 Å². The number of rotatable bonds is 5. The first-order valence-corrected chi connectivity index (χ1v) is 9.12. The third-order valence-electron chi connectivity index (χ3n) is 2.59. The van der Waals surface area contributed by atoms with Crippen LogP contribution in [0.4, 0.5) is 0 Å². The van der Waals surface area contributed by atoms with Crippen molar-refractivity contribution >= 4 is 48.9 Å². The van der Waals surface area contributed by atoms with Crippen molar-refractivity contribution in [1.82, 2.24) is 4.72 Å². The Hall–Kier alpha value is -0.440. The molecular weight excluding hydrogens is 384 g/mol. The van der Waals surface area contributed by atoms with Crippen LogP contribution in [0.25, 0.3) is 0 Å². The Kier molecular flexibility index (Phi) is 5.22. The zero-order valence-electron chi connectivity index (χ0n) is 10.3. The van der Waals surface area contributed by atoms with E-state index in [0.29, 0.717) is 5.56 Å². The van der Waals surface area contributed by atoms with E-state index in [4.69, 9.17) is 17.3 Å². The van der Waals surface area contributed by atoms with Gasteiger partial charge in [-0.3, -0.25) is 0 Å². The van der Waals surface area contributed by atoms with Crippen molar-refractivity contribution in [3.8, 4) is 0 Å². The highest BCUT2D eigenvalue weighted by atomic mass is 79.9. The van der Waals surface area contributed by atoms with Gasteiger partial charge in [-0.2, -0.15) is 0 Å². The van der Waals surface area contributed by atoms with Crippen LogP contribution in [0.3, 0.4) is 0 Å². The highest BCUT2D eigenvalue weighted by molar-refractivity contribution is 9.11. The van der Waals surface area contributed by atoms with Gasteiger partial charge < -0.3 is 5.73 Å². The monoisotopic (exact) mass is 394 g/mol. The van der Waals surface area contributed by atoms with Gasteiger partial charge in [-0.1, -0.05) is 17.7 Å². The fourth-order valence-corrected chi connectivity index (χ4v) is 4.64. The second-order valence-corrected chi connectivity index (χ2v) is 8.69. The van der Waals surface area contributed by atoms with Gasteiger partial charge in [0.1, 0.15) is 4.90 Å². The van der Waals surface area contributed by atoms with E-state index >= 15 is 0 Å². The van der Waals surface area contributed by atoms with Gasteiger partial charge in [0.15, 0.2) is 0 Å². The minimum atomic E-state index is -3.66. The molecule has 3 N–H and O–H groups in total. The summed E-state index contributed by atoms with van der Waals surface area (Å²) < 4.78 is 28.0. The lowest BCUT2D eigenvalue weighted by molar-refractivity contribution is 0.581. The summed E-state index contributed by atoms with van der Waals surface area (Å²) in [6, 6.07) is 8.47. The third-order valence-corrected chi connectivity index (χ3v) is 6.09. The van der Waals surface area contributed by atoms with Crippen molar-refractivity contribution in [3.63, 3.8) is 0 Å². The van der Waals surface area contributed by atoms with Crippen LogP contribution in [0.1, 0.15) is 10.4 Å². The Morgan fingerprint density at radius 1 is 1.30 bits per heavy atom. The van der Waals surface area contributed by atoms with E-state index in [2.05, 4.69) is 20.7 Å². The molecule has 4 nitrogen and oxygen atoms in total. The van der Waals surface area contributed by atoms with Gasteiger partial charge in [0, 0.05) is 18.0 Å². The second kappa shape index (κ2) is 6.55. The molecule has 0 atom stereocenters. The number of nitrogens with two attached hydrogens (primary N) is 1. The van der Waals surface area contributed by atoms with Crippen LogP contribution in [0.15, 0.2) is 39.0 Å². The van der Waals surface area contributed by atoms with Gasteiger partial charge in [-0.15, -0.1) is 11.3 Å². The maximum Gasteiger partial charge on any atom is 0.242 e. The van der Waals surface area contributed by atoms with Crippen LogP contribution >= 0.6 is 38.9 Å². The SMILES string of the molecule is NCc1ccc(Cl)c(S(=O)(=O)NCc2ccc(Br)s2)c1. The second-order valence-electron chi connectivity index (χ2n) is 4.00. The average molecular weight is 396 g/mol. The van der Waals surface area contributed by atoms with Crippen LogP contribution in [0.2, 0.25) is 5.02 Å². The maximum atomic E-state index is 12.3. The summed E-state index contributed by atoms with van der Waals surface area (Å²) in [7, 11) is -3.66. The Labute approximate surface area is 135 Å². The number of hydrogen-bond donors (Lipinski definition) is 2. The molecule has 0 fully saturated rings. The van der Waals surface area contributed by atoms with Crippen molar-refractivity contribution in [2.24, 2.45) is 5.73 Å². The van der Waals surface area contributed by atoms with E-state index in [1.165, 1.54) is 17.4 Å². The molecule has 20 heavy (non-hydrogen) atoms. The molecule has 0 spiro atoms. The summed E-state index contributed by atoms with van der Waals surface area (Å²) >= 11 is 10.8. The van der Waals surface area contributed by atoms with E-state index in [-0.39, 0.29) is 23.0 Å². The van der Waals surface area contributed by atoms with Crippen LogP contribution < -0.4 is 10.5 Å². The molecule has 0 bridgehead atoms. The Balaban J connectivity index is 2.21. The molecule has 2 aromatic rings. The van der Waals surface area contributed by atoms with Crippen LogP contribution in [0.5, 0.6) is 0 Å². The number of hydrogen-bond acceptors (Lipinski definition) is 4. The van der Waals surface area contributed by atoms with Gasteiger partial charge in [-0.25, -0.2) is 13.1 Å². The molecule has 108 valence electrons. The van der Waals surface area contributed by atoms with E-state index in [0.717, 1.165) is 8.66 Å². The minimum absolute atomic E-state index is 0.0535. The van der Waals surface area contributed by atoms with E-state index in [1.807, 2.05) is 12.1 Å². The van der Waals surface area contributed by atoms with Crippen LogP contribution in [-0.4, -0.2) is 8.42 Å². The van der Waals surface area contributed by atoms with Crippen molar-refractivity contribution in [2.75, 3.05) is 0 Å². The summed E-state index contributed by atoms with van der Waals surface area (Å²) in [4.78, 5) is 0.962. The summed E-state index contributed by atoms with van der Waals surface area (Å²) in [6.07, 6.45) is 0. The number of halogens is 2. The molecule has 0 amide bonds. The molecule has 1 aromatic heterocycles. The summed E-state index contributed by atoms with van der Waals surface area (Å²) in [5.41, 5.74) is 6.23. The van der Waals surface area contributed by atoms with Gasteiger partial charge >= 0.3 is 0 Å². The molecule has 0 saturated heterocycles. The first-order valence-electron chi connectivity index (χ1n) is 5.65. The first kappa shape index (κ1) is 15.9. The normalized spacial score (nSPS) is 11.8. The standard InChI is InChI=1S/C12H12BrClN2O2S2/c13-12-4-2-9(19-12)7-16-20(17,18)11-5-8(6-15)1-3-10(11)14/h1-5,16H,6-7,15H2. The molecule has 0 unspecified atom stereocenters. The van der Waals surface area contributed by atoms with Crippen LogP contribution in [0, 0.1) is 0 Å². The quantitative estimate of drug-likeness (QED) is 0.817. The summed E-state index contributed by atoms with van der Waals surface area (Å²) in [6.45, 7) is 0.485. The van der Waals surface area contributed by atoms with Gasteiger partial charge in [0.2, 0.25) is 10.0 Å². The molecule has 0 radical (unpaired) electrons. The molecular formula is C12H12BrClN2O2S2. The number of sulfonamides is 1. The largest absolute Gasteiger partial charge is 0.326 e. The molecule has 8 heteroatoms. The first-order chi connectivity index (χ1) is 9.42. The highest BCUT2D eigenvalue weighted by Gasteiger charge is 2.18. The highest BCUT2D eigenvalue weighted by Crippen LogP contribution is 2.25. The topological polar surface area (TPSA) is 72.2 Å². The maximum absolute atomic E-state index is 12.3. The molecule has 0 aliphatic rings. The van der Waals surface area contributed by atoms with Gasteiger partial charge in [0.25, 0.3) is 0 Å². The molecule has 1 heterocycles. The Bertz CT molecular complexity index is 716. The lowest BCUT2D eigenvalue weighted by Crippen LogP contribution is -2.23.